The fraction of sp³-hybridized carbons (Fsp3) is 0.0556. The van der Waals surface area contributed by atoms with Crippen molar-refractivity contribution >= 4 is 34.8 Å². The quantitative estimate of drug-likeness (QED) is 0.539. The van der Waals surface area contributed by atoms with Gasteiger partial charge in [0.1, 0.15) is 0 Å². The number of tetrazole rings is 1. The lowest BCUT2D eigenvalue weighted by Gasteiger charge is -2.07. The molecule has 4 rings (SSSR count). The second-order valence-electron chi connectivity index (χ2n) is 5.78. The molecule has 2 heterocycles. The number of aromatic nitrogens is 6. The Bertz CT molecular complexity index is 1100. The zero-order valence-electron chi connectivity index (χ0n) is 14.3. The van der Waals surface area contributed by atoms with Gasteiger partial charge in [-0.25, -0.2) is 4.68 Å². The Morgan fingerprint density at radius 3 is 2.46 bits per heavy atom. The molecule has 0 aliphatic carbocycles. The van der Waals surface area contributed by atoms with Gasteiger partial charge in [0, 0.05) is 11.8 Å². The number of rotatable bonds is 5. The van der Waals surface area contributed by atoms with E-state index in [1.807, 2.05) is 30.3 Å². The van der Waals surface area contributed by atoms with Gasteiger partial charge in [-0.05, 0) is 23.4 Å². The third kappa shape index (κ3) is 3.88. The second kappa shape index (κ2) is 7.79. The number of para-hydroxylation sites is 1. The molecule has 0 saturated heterocycles. The Balaban J connectivity index is 1.46. The van der Waals surface area contributed by atoms with Crippen LogP contribution in [0.1, 0.15) is 10.5 Å². The topological polar surface area (TPSA) is 90.5 Å². The molecule has 0 spiro atoms. The molecule has 2 aromatic heterocycles. The highest BCUT2D eigenvalue weighted by molar-refractivity contribution is 6.39. The number of halogens is 2. The van der Waals surface area contributed by atoms with Gasteiger partial charge in [0.25, 0.3) is 5.91 Å². The molecule has 0 saturated carbocycles. The van der Waals surface area contributed by atoms with Crippen LogP contribution in [0.15, 0.2) is 60.8 Å². The Kier molecular flexibility index (Phi) is 5.05. The molecule has 140 valence electrons. The van der Waals surface area contributed by atoms with E-state index >= 15 is 0 Å². The van der Waals surface area contributed by atoms with Crippen molar-refractivity contribution in [3.05, 3.63) is 76.5 Å². The molecule has 2 aromatic carbocycles. The van der Waals surface area contributed by atoms with Crippen molar-refractivity contribution in [2.45, 2.75) is 6.67 Å². The molecular weight excluding hydrogens is 401 g/mol. The minimum atomic E-state index is -0.426. The van der Waals surface area contributed by atoms with Gasteiger partial charge < -0.3 is 5.32 Å². The molecule has 28 heavy (non-hydrogen) atoms. The minimum absolute atomic E-state index is 0.208. The highest BCUT2D eigenvalue weighted by Crippen LogP contribution is 2.30. The van der Waals surface area contributed by atoms with Gasteiger partial charge in [-0.2, -0.15) is 5.10 Å². The summed E-state index contributed by atoms with van der Waals surface area (Å²) in [4.78, 5) is 13.8. The molecule has 0 radical (unpaired) electrons. The molecular formula is C18H13Cl2N7O. The van der Waals surface area contributed by atoms with Crippen molar-refractivity contribution in [3.63, 3.8) is 0 Å². The zero-order valence-corrected chi connectivity index (χ0v) is 15.8. The van der Waals surface area contributed by atoms with E-state index in [1.54, 1.807) is 30.5 Å². The normalized spacial score (nSPS) is 10.8. The van der Waals surface area contributed by atoms with E-state index in [2.05, 4.69) is 25.8 Å². The van der Waals surface area contributed by atoms with Gasteiger partial charge in [0.05, 0.1) is 15.7 Å². The highest BCUT2D eigenvalue weighted by atomic mass is 35.5. The number of amides is 1. The summed E-state index contributed by atoms with van der Waals surface area (Å²) in [6.45, 7) is 0.208. The Morgan fingerprint density at radius 2 is 1.71 bits per heavy atom. The molecule has 0 aliphatic heterocycles. The van der Waals surface area contributed by atoms with E-state index in [-0.39, 0.29) is 12.4 Å². The SMILES string of the molecule is O=C(Nc1c(Cl)cccc1Cl)c1ccn(Cn2nnc(-c3ccccc3)n2)n1. The number of hydrogen-bond donors (Lipinski definition) is 1. The average Bonchev–Trinajstić information content (AvgIpc) is 3.36. The van der Waals surface area contributed by atoms with Crippen molar-refractivity contribution in [1.29, 1.82) is 0 Å². The molecule has 0 aliphatic rings. The van der Waals surface area contributed by atoms with Crippen LogP contribution in [0.5, 0.6) is 0 Å². The van der Waals surface area contributed by atoms with Gasteiger partial charge in [-0.15, -0.1) is 15.0 Å². The lowest BCUT2D eigenvalue weighted by atomic mass is 10.2. The van der Waals surface area contributed by atoms with Gasteiger partial charge >= 0.3 is 0 Å². The van der Waals surface area contributed by atoms with Crippen LogP contribution >= 0.6 is 23.2 Å². The summed E-state index contributed by atoms with van der Waals surface area (Å²) < 4.78 is 1.53. The van der Waals surface area contributed by atoms with Crippen molar-refractivity contribution in [2.24, 2.45) is 0 Å². The van der Waals surface area contributed by atoms with Crippen molar-refractivity contribution in [3.8, 4) is 11.4 Å². The molecule has 0 bridgehead atoms. The van der Waals surface area contributed by atoms with E-state index in [9.17, 15) is 4.79 Å². The van der Waals surface area contributed by atoms with E-state index in [4.69, 9.17) is 23.2 Å². The zero-order chi connectivity index (χ0) is 19.5. The summed E-state index contributed by atoms with van der Waals surface area (Å²) in [5.41, 5.74) is 1.42. The number of benzene rings is 2. The van der Waals surface area contributed by atoms with Crippen LogP contribution in [-0.2, 0) is 6.67 Å². The molecule has 1 N–H and O–H groups in total. The molecule has 0 unspecified atom stereocenters. The second-order valence-corrected chi connectivity index (χ2v) is 6.60. The first-order chi connectivity index (χ1) is 13.6. The molecule has 10 heteroatoms. The summed E-state index contributed by atoms with van der Waals surface area (Å²) in [7, 11) is 0. The predicted octanol–water partition coefficient (Wildman–Crippen LogP) is 3.60. The van der Waals surface area contributed by atoms with Crippen LogP contribution in [0.25, 0.3) is 11.4 Å². The maximum absolute atomic E-state index is 12.4. The first-order valence-electron chi connectivity index (χ1n) is 8.22. The first-order valence-corrected chi connectivity index (χ1v) is 8.98. The van der Waals surface area contributed by atoms with Crippen LogP contribution in [-0.4, -0.2) is 35.9 Å². The fourth-order valence-electron chi connectivity index (χ4n) is 2.49. The Morgan fingerprint density at radius 1 is 0.964 bits per heavy atom. The predicted molar refractivity (Wildman–Crippen MR) is 105 cm³/mol. The van der Waals surface area contributed by atoms with Crippen LogP contribution in [0.2, 0.25) is 10.0 Å². The van der Waals surface area contributed by atoms with Gasteiger partial charge in [-0.3, -0.25) is 4.79 Å². The lowest BCUT2D eigenvalue weighted by Crippen LogP contribution is -2.16. The van der Waals surface area contributed by atoms with E-state index in [1.165, 1.54) is 9.48 Å². The van der Waals surface area contributed by atoms with Crippen LogP contribution in [0.4, 0.5) is 5.69 Å². The van der Waals surface area contributed by atoms with Crippen molar-refractivity contribution < 1.29 is 4.79 Å². The molecule has 0 fully saturated rings. The summed E-state index contributed by atoms with van der Waals surface area (Å²) >= 11 is 12.1. The number of hydrogen-bond acceptors (Lipinski definition) is 5. The van der Waals surface area contributed by atoms with Crippen LogP contribution < -0.4 is 5.32 Å². The number of nitrogens with zero attached hydrogens (tertiary/aromatic N) is 6. The molecule has 8 nitrogen and oxygen atoms in total. The number of nitrogens with one attached hydrogen (secondary N) is 1. The maximum atomic E-state index is 12.4. The summed E-state index contributed by atoms with van der Waals surface area (Å²) in [6.07, 6.45) is 1.65. The van der Waals surface area contributed by atoms with Crippen LogP contribution in [0.3, 0.4) is 0 Å². The van der Waals surface area contributed by atoms with Gasteiger partial charge in [0.15, 0.2) is 12.4 Å². The standard InChI is InChI=1S/C18H13Cl2N7O/c19-13-7-4-8-14(20)16(13)21-18(28)15-9-10-26(23-15)11-27-24-17(22-25-27)12-5-2-1-3-6-12/h1-10H,11H2,(H,21,28). The number of anilines is 1. The van der Waals surface area contributed by atoms with E-state index < -0.39 is 5.91 Å². The van der Waals surface area contributed by atoms with Gasteiger partial charge in [-0.1, -0.05) is 59.6 Å². The third-order valence-corrected chi connectivity index (χ3v) is 4.46. The van der Waals surface area contributed by atoms with E-state index in [0.717, 1.165) is 5.56 Å². The summed E-state index contributed by atoms with van der Waals surface area (Å²) in [5, 5.41) is 20.0. The van der Waals surface area contributed by atoms with E-state index in [0.29, 0.717) is 21.6 Å². The summed E-state index contributed by atoms with van der Waals surface area (Å²) in [6, 6.07) is 16.1. The first kappa shape index (κ1) is 18.1. The molecule has 4 aromatic rings. The Labute approximate surface area is 169 Å². The van der Waals surface area contributed by atoms with Crippen molar-refractivity contribution in [1.82, 2.24) is 30.0 Å². The molecule has 0 atom stereocenters. The molecule has 1 amide bonds. The monoisotopic (exact) mass is 413 g/mol. The lowest BCUT2D eigenvalue weighted by molar-refractivity contribution is 0.102. The Hall–Kier alpha value is -3.23. The smallest absolute Gasteiger partial charge is 0.276 e. The number of carbonyl (C=O) groups excluding carboxylic acids is 1. The highest BCUT2D eigenvalue weighted by Gasteiger charge is 2.14. The average molecular weight is 414 g/mol. The largest absolute Gasteiger partial charge is 0.318 e. The maximum Gasteiger partial charge on any atom is 0.276 e. The van der Waals surface area contributed by atoms with Gasteiger partial charge in [0.2, 0.25) is 5.82 Å². The van der Waals surface area contributed by atoms with Crippen LogP contribution in [0, 0.1) is 0 Å². The minimum Gasteiger partial charge on any atom is -0.318 e. The third-order valence-electron chi connectivity index (χ3n) is 3.83. The summed E-state index contributed by atoms with van der Waals surface area (Å²) in [5.74, 6) is 0.0874. The number of carbonyl (C=O) groups is 1. The van der Waals surface area contributed by atoms with Crippen molar-refractivity contribution in [2.75, 3.05) is 5.32 Å². The fourth-order valence-corrected chi connectivity index (χ4v) is 2.98.